The molecule has 0 aliphatic heterocycles. The fraction of sp³-hybridized carbons (Fsp3) is 0.214. The number of anilines is 1. The van der Waals surface area contributed by atoms with E-state index in [2.05, 4.69) is 23.3 Å². The molecule has 0 fully saturated rings. The Bertz CT molecular complexity index is 452. The molecule has 3 heteroatoms. The monoisotopic (exact) mass is 228 g/mol. The molecule has 0 unspecified atom stereocenters. The van der Waals surface area contributed by atoms with Crippen molar-refractivity contribution in [1.82, 2.24) is 4.98 Å². The van der Waals surface area contributed by atoms with Crippen molar-refractivity contribution < 1.29 is 4.74 Å². The van der Waals surface area contributed by atoms with Gasteiger partial charge in [0, 0.05) is 13.1 Å². The van der Waals surface area contributed by atoms with Crippen molar-refractivity contribution in [2.45, 2.75) is 13.3 Å². The Morgan fingerprint density at radius 1 is 1.18 bits per heavy atom. The van der Waals surface area contributed by atoms with Gasteiger partial charge in [-0.25, -0.2) is 0 Å². The number of benzene rings is 1. The molecule has 0 aliphatic rings. The molecule has 0 aliphatic carbocycles. The molecule has 0 bridgehead atoms. The molecule has 1 N–H and O–H groups in total. The topological polar surface area (TPSA) is 34.1 Å². The maximum Gasteiger partial charge on any atom is 0.221 e. The van der Waals surface area contributed by atoms with Gasteiger partial charge >= 0.3 is 0 Å². The summed E-state index contributed by atoms with van der Waals surface area (Å²) >= 11 is 0. The van der Waals surface area contributed by atoms with Crippen molar-refractivity contribution >= 4 is 5.82 Å². The Morgan fingerprint density at radius 2 is 2.00 bits per heavy atom. The number of pyridine rings is 1. The minimum atomic E-state index is 0.602. The van der Waals surface area contributed by atoms with Crippen LogP contribution in [0.1, 0.15) is 12.5 Å². The zero-order valence-electron chi connectivity index (χ0n) is 10.1. The normalized spacial score (nSPS) is 10.0. The SMILES string of the molecule is CCc1cccc(Oc2cccc(NC)n2)c1. The van der Waals surface area contributed by atoms with E-state index in [1.807, 2.05) is 43.4 Å². The molecule has 3 nitrogen and oxygen atoms in total. The third kappa shape index (κ3) is 2.97. The van der Waals surface area contributed by atoms with E-state index < -0.39 is 0 Å². The summed E-state index contributed by atoms with van der Waals surface area (Å²) < 4.78 is 5.71. The second-order valence-corrected chi connectivity index (χ2v) is 3.71. The van der Waals surface area contributed by atoms with Crippen LogP contribution in [0.25, 0.3) is 0 Å². The van der Waals surface area contributed by atoms with Crippen LogP contribution in [-0.4, -0.2) is 12.0 Å². The van der Waals surface area contributed by atoms with Crippen LogP contribution in [-0.2, 0) is 6.42 Å². The fourth-order valence-corrected chi connectivity index (χ4v) is 1.56. The van der Waals surface area contributed by atoms with Crippen LogP contribution < -0.4 is 10.1 Å². The molecule has 17 heavy (non-hydrogen) atoms. The number of hydrogen-bond acceptors (Lipinski definition) is 3. The Kier molecular flexibility index (Phi) is 3.60. The van der Waals surface area contributed by atoms with Gasteiger partial charge in [0.25, 0.3) is 0 Å². The van der Waals surface area contributed by atoms with Crippen molar-refractivity contribution in [2.24, 2.45) is 0 Å². The molecular formula is C14H16N2O. The van der Waals surface area contributed by atoms with E-state index in [0.29, 0.717) is 5.88 Å². The third-order valence-electron chi connectivity index (χ3n) is 2.51. The lowest BCUT2D eigenvalue weighted by Gasteiger charge is -2.07. The number of aryl methyl sites for hydroxylation is 1. The van der Waals surface area contributed by atoms with Crippen LogP contribution in [0, 0.1) is 0 Å². The summed E-state index contributed by atoms with van der Waals surface area (Å²) in [5.74, 6) is 2.23. The van der Waals surface area contributed by atoms with Crippen LogP contribution in [0.4, 0.5) is 5.82 Å². The highest BCUT2D eigenvalue weighted by Gasteiger charge is 2.00. The summed E-state index contributed by atoms with van der Waals surface area (Å²) in [7, 11) is 1.84. The van der Waals surface area contributed by atoms with Gasteiger partial charge in [0.2, 0.25) is 5.88 Å². The number of nitrogens with one attached hydrogen (secondary N) is 1. The smallest absolute Gasteiger partial charge is 0.221 e. The largest absolute Gasteiger partial charge is 0.439 e. The second kappa shape index (κ2) is 5.34. The van der Waals surface area contributed by atoms with Crippen LogP contribution in [0.2, 0.25) is 0 Å². The van der Waals surface area contributed by atoms with E-state index in [4.69, 9.17) is 4.74 Å². The molecule has 1 aromatic heterocycles. The fourth-order valence-electron chi connectivity index (χ4n) is 1.56. The van der Waals surface area contributed by atoms with Gasteiger partial charge in [-0.2, -0.15) is 4.98 Å². The Labute approximate surface area is 101 Å². The molecule has 0 saturated carbocycles. The number of ether oxygens (including phenoxy) is 1. The Balaban J connectivity index is 2.18. The van der Waals surface area contributed by atoms with E-state index >= 15 is 0 Å². The summed E-state index contributed by atoms with van der Waals surface area (Å²) in [6, 6.07) is 13.7. The van der Waals surface area contributed by atoms with E-state index in [0.717, 1.165) is 18.0 Å². The van der Waals surface area contributed by atoms with Gasteiger partial charge in [-0.05, 0) is 30.2 Å². The summed E-state index contributed by atoms with van der Waals surface area (Å²) in [5.41, 5.74) is 1.26. The molecule has 0 atom stereocenters. The second-order valence-electron chi connectivity index (χ2n) is 3.71. The van der Waals surface area contributed by atoms with Crippen LogP contribution >= 0.6 is 0 Å². The molecule has 2 aromatic rings. The maximum absolute atomic E-state index is 5.71. The molecule has 0 saturated heterocycles. The Morgan fingerprint density at radius 3 is 2.76 bits per heavy atom. The van der Waals surface area contributed by atoms with Gasteiger partial charge in [-0.1, -0.05) is 25.1 Å². The van der Waals surface area contributed by atoms with Crippen molar-refractivity contribution in [3.63, 3.8) is 0 Å². The predicted molar refractivity (Wildman–Crippen MR) is 69.7 cm³/mol. The average Bonchev–Trinajstić information content (AvgIpc) is 2.39. The first-order valence-electron chi connectivity index (χ1n) is 5.73. The number of nitrogens with zero attached hydrogens (tertiary/aromatic N) is 1. The van der Waals surface area contributed by atoms with E-state index in [1.54, 1.807) is 0 Å². The lowest BCUT2D eigenvalue weighted by molar-refractivity contribution is 0.463. The number of hydrogen-bond donors (Lipinski definition) is 1. The van der Waals surface area contributed by atoms with Gasteiger partial charge in [0.15, 0.2) is 0 Å². The lowest BCUT2D eigenvalue weighted by Crippen LogP contribution is -1.94. The Hall–Kier alpha value is -2.03. The van der Waals surface area contributed by atoms with Crippen molar-refractivity contribution in [2.75, 3.05) is 12.4 Å². The minimum absolute atomic E-state index is 0.602. The molecular weight excluding hydrogens is 212 g/mol. The zero-order chi connectivity index (χ0) is 12.1. The van der Waals surface area contributed by atoms with Gasteiger partial charge in [-0.3, -0.25) is 0 Å². The van der Waals surface area contributed by atoms with E-state index in [9.17, 15) is 0 Å². The van der Waals surface area contributed by atoms with Gasteiger partial charge in [0.1, 0.15) is 11.6 Å². The summed E-state index contributed by atoms with van der Waals surface area (Å²) in [5, 5.41) is 2.98. The molecule has 1 aromatic carbocycles. The number of aromatic nitrogens is 1. The first-order chi connectivity index (χ1) is 8.31. The van der Waals surface area contributed by atoms with Crippen LogP contribution in [0.15, 0.2) is 42.5 Å². The van der Waals surface area contributed by atoms with E-state index in [-0.39, 0.29) is 0 Å². The van der Waals surface area contributed by atoms with Gasteiger partial charge in [-0.15, -0.1) is 0 Å². The van der Waals surface area contributed by atoms with Crippen LogP contribution in [0.3, 0.4) is 0 Å². The summed E-state index contributed by atoms with van der Waals surface area (Å²) in [4.78, 5) is 4.31. The molecule has 0 radical (unpaired) electrons. The molecule has 2 rings (SSSR count). The van der Waals surface area contributed by atoms with Crippen LogP contribution in [0.5, 0.6) is 11.6 Å². The minimum Gasteiger partial charge on any atom is -0.439 e. The standard InChI is InChI=1S/C14H16N2O/c1-3-11-6-4-7-12(10-11)17-14-9-5-8-13(15-2)16-14/h4-10H,3H2,1-2H3,(H,15,16). The quantitative estimate of drug-likeness (QED) is 0.870. The first-order valence-corrected chi connectivity index (χ1v) is 5.73. The zero-order valence-corrected chi connectivity index (χ0v) is 10.1. The molecule has 88 valence electrons. The number of rotatable bonds is 4. The van der Waals surface area contributed by atoms with Gasteiger partial charge < -0.3 is 10.1 Å². The third-order valence-corrected chi connectivity index (χ3v) is 2.51. The molecule has 1 heterocycles. The van der Waals surface area contributed by atoms with E-state index in [1.165, 1.54) is 5.56 Å². The average molecular weight is 228 g/mol. The lowest BCUT2D eigenvalue weighted by atomic mass is 10.2. The first kappa shape index (κ1) is 11.5. The highest BCUT2D eigenvalue weighted by Crippen LogP contribution is 2.21. The molecule has 0 spiro atoms. The molecule has 0 amide bonds. The maximum atomic E-state index is 5.71. The summed E-state index contributed by atoms with van der Waals surface area (Å²) in [6.45, 7) is 2.12. The predicted octanol–water partition coefficient (Wildman–Crippen LogP) is 3.48. The van der Waals surface area contributed by atoms with Crippen molar-refractivity contribution in [3.8, 4) is 11.6 Å². The highest BCUT2D eigenvalue weighted by atomic mass is 16.5. The highest BCUT2D eigenvalue weighted by molar-refractivity contribution is 5.38. The summed E-state index contributed by atoms with van der Waals surface area (Å²) in [6.07, 6.45) is 1.00. The van der Waals surface area contributed by atoms with Gasteiger partial charge in [0.05, 0.1) is 0 Å². The van der Waals surface area contributed by atoms with Crippen molar-refractivity contribution in [3.05, 3.63) is 48.0 Å². The van der Waals surface area contributed by atoms with Crippen molar-refractivity contribution in [1.29, 1.82) is 0 Å².